The zero-order valence-corrected chi connectivity index (χ0v) is 57.7. The van der Waals surface area contributed by atoms with Gasteiger partial charge < -0.3 is 33.8 Å². The van der Waals surface area contributed by atoms with Crippen molar-refractivity contribution in [1.29, 1.82) is 0 Å². The van der Waals surface area contributed by atoms with Crippen molar-refractivity contribution >= 4 is 39.5 Å². The van der Waals surface area contributed by atoms with E-state index in [0.717, 1.165) is 114 Å². The first-order valence-corrected chi connectivity index (χ1v) is 37.8. The van der Waals surface area contributed by atoms with Gasteiger partial charge in [-0.25, -0.2) is 9.13 Å². The molecule has 0 saturated carbocycles. The van der Waals surface area contributed by atoms with Crippen molar-refractivity contribution < 1.29 is 80.2 Å². The van der Waals surface area contributed by atoms with Gasteiger partial charge in [-0.05, 0) is 49.4 Å². The zero-order valence-electron chi connectivity index (χ0n) is 55.9. The maximum absolute atomic E-state index is 13.0. The molecule has 0 spiro atoms. The topological polar surface area (TPSA) is 237 Å². The molecule has 0 saturated heterocycles. The van der Waals surface area contributed by atoms with Crippen molar-refractivity contribution in [2.45, 2.75) is 343 Å². The summed E-state index contributed by atoms with van der Waals surface area (Å²) in [6.07, 6.45) is 37.7. The van der Waals surface area contributed by atoms with Gasteiger partial charge in [0.15, 0.2) is 12.2 Å². The van der Waals surface area contributed by atoms with Crippen molar-refractivity contribution in [3.8, 4) is 0 Å². The minimum absolute atomic E-state index is 0.102. The minimum Gasteiger partial charge on any atom is -0.462 e. The molecule has 0 aromatic rings. The molecule has 0 heterocycles. The number of aliphatic hydroxyl groups excluding tert-OH is 1. The molecule has 17 nitrogen and oxygen atoms in total. The molecular weight excluding hydrogens is 1140 g/mol. The van der Waals surface area contributed by atoms with Crippen LogP contribution in [0.15, 0.2) is 0 Å². The van der Waals surface area contributed by atoms with Crippen LogP contribution < -0.4 is 0 Å². The minimum atomic E-state index is -4.95. The van der Waals surface area contributed by atoms with Crippen LogP contribution in [-0.4, -0.2) is 96.7 Å². The fourth-order valence-electron chi connectivity index (χ4n) is 9.89. The first kappa shape index (κ1) is 84.1. The van der Waals surface area contributed by atoms with Gasteiger partial charge in [-0.3, -0.25) is 37.3 Å². The van der Waals surface area contributed by atoms with Crippen LogP contribution in [0.3, 0.4) is 0 Å². The van der Waals surface area contributed by atoms with E-state index in [1.807, 2.05) is 0 Å². The summed E-state index contributed by atoms with van der Waals surface area (Å²) in [4.78, 5) is 72.4. The van der Waals surface area contributed by atoms with E-state index in [1.165, 1.54) is 128 Å². The average molecular weight is 1270 g/mol. The van der Waals surface area contributed by atoms with Crippen LogP contribution in [0.2, 0.25) is 0 Å². The van der Waals surface area contributed by atoms with Crippen LogP contribution in [0.25, 0.3) is 0 Å². The molecule has 0 aliphatic heterocycles. The number of carbonyl (C=O) groups excluding carboxylic acids is 4. The number of phosphoric acid groups is 2. The Kier molecular flexibility index (Phi) is 55.7. The highest BCUT2D eigenvalue weighted by Gasteiger charge is 2.30. The highest BCUT2D eigenvalue weighted by Crippen LogP contribution is 2.45. The summed E-state index contributed by atoms with van der Waals surface area (Å²) in [6.45, 7) is 14.0. The number of phosphoric ester groups is 2. The molecule has 0 rings (SSSR count). The van der Waals surface area contributed by atoms with Crippen LogP contribution in [0.5, 0.6) is 0 Å². The Morgan fingerprint density at radius 3 is 0.826 bits per heavy atom. The second-order valence-corrected chi connectivity index (χ2v) is 28.6. The summed E-state index contributed by atoms with van der Waals surface area (Å²) in [5.41, 5.74) is 0. The number of carbonyl (C=O) groups is 4. The molecule has 0 aromatic heterocycles. The van der Waals surface area contributed by atoms with E-state index in [2.05, 4.69) is 55.4 Å². The Morgan fingerprint density at radius 1 is 0.326 bits per heavy atom. The third-order valence-electron chi connectivity index (χ3n) is 16.0. The molecule has 510 valence electrons. The van der Waals surface area contributed by atoms with Gasteiger partial charge in [-0.1, -0.05) is 274 Å². The van der Waals surface area contributed by atoms with Crippen LogP contribution in [0.1, 0.15) is 325 Å². The maximum atomic E-state index is 13.0. The van der Waals surface area contributed by atoms with Crippen LogP contribution in [0, 0.1) is 23.7 Å². The highest BCUT2D eigenvalue weighted by atomic mass is 31.2. The SMILES string of the molecule is CCC(C)CCCCCCCCC(=O)O[C@H](COC(=O)CCCCCCCCCCCCCCC(C)C)COP(=O)(O)OCC(O)COP(=O)(O)OC[C@@H](COC(=O)CCCCCCCCCCC(C)C)OC(=O)CCCCCCCCC(C)CC. The van der Waals surface area contributed by atoms with E-state index < -0.39 is 97.5 Å². The van der Waals surface area contributed by atoms with Crippen molar-refractivity contribution in [1.82, 2.24) is 0 Å². The summed E-state index contributed by atoms with van der Waals surface area (Å²) in [6, 6.07) is 0. The Labute approximate surface area is 524 Å². The Balaban J connectivity index is 5.23. The van der Waals surface area contributed by atoms with Crippen LogP contribution in [0.4, 0.5) is 0 Å². The van der Waals surface area contributed by atoms with Crippen LogP contribution >= 0.6 is 15.6 Å². The number of ether oxygens (including phenoxy) is 4. The molecule has 0 fully saturated rings. The number of aliphatic hydroxyl groups is 1. The van der Waals surface area contributed by atoms with Crippen molar-refractivity contribution in [2.24, 2.45) is 23.7 Å². The van der Waals surface area contributed by atoms with Gasteiger partial charge in [0.05, 0.1) is 26.4 Å². The fraction of sp³-hybridized carbons (Fsp3) is 0.940. The second kappa shape index (κ2) is 57.0. The maximum Gasteiger partial charge on any atom is 0.472 e. The van der Waals surface area contributed by atoms with Crippen LogP contribution in [-0.2, 0) is 65.4 Å². The van der Waals surface area contributed by atoms with Crippen molar-refractivity contribution in [3.05, 3.63) is 0 Å². The monoisotopic (exact) mass is 1270 g/mol. The summed E-state index contributed by atoms with van der Waals surface area (Å²) < 4.78 is 68.1. The number of esters is 4. The van der Waals surface area contributed by atoms with Gasteiger partial charge in [0.2, 0.25) is 0 Å². The van der Waals surface area contributed by atoms with E-state index >= 15 is 0 Å². The first-order valence-electron chi connectivity index (χ1n) is 34.8. The predicted molar refractivity (Wildman–Crippen MR) is 344 cm³/mol. The fourth-order valence-corrected chi connectivity index (χ4v) is 11.5. The second-order valence-electron chi connectivity index (χ2n) is 25.6. The molecule has 19 heteroatoms. The van der Waals surface area contributed by atoms with Gasteiger partial charge >= 0.3 is 39.5 Å². The van der Waals surface area contributed by atoms with Gasteiger partial charge in [0.1, 0.15) is 19.3 Å². The zero-order chi connectivity index (χ0) is 63.9. The Hall–Kier alpha value is -1.94. The molecule has 0 amide bonds. The number of hydrogen-bond acceptors (Lipinski definition) is 15. The average Bonchev–Trinajstić information content (AvgIpc) is 3.60. The van der Waals surface area contributed by atoms with E-state index in [1.54, 1.807) is 0 Å². The lowest BCUT2D eigenvalue weighted by Crippen LogP contribution is -2.30. The van der Waals surface area contributed by atoms with E-state index in [9.17, 15) is 43.2 Å². The molecule has 0 aromatic carbocycles. The third kappa shape index (κ3) is 58.4. The lowest BCUT2D eigenvalue weighted by Gasteiger charge is -2.21. The first-order chi connectivity index (χ1) is 41.2. The molecule has 0 bridgehead atoms. The lowest BCUT2D eigenvalue weighted by atomic mass is 10.00. The van der Waals surface area contributed by atoms with Crippen molar-refractivity contribution in [3.63, 3.8) is 0 Å². The summed E-state index contributed by atoms with van der Waals surface area (Å²) in [7, 11) is -9.90. The Bertz CT molecular complexity index is 1720. The van der Waals surface area contributed by atoms with E-state index in [0.29, 0.717) is 25.7 Å². The molecule has 0 aliphatic carbocycles. The molecule has 0 aliphatic rings. The van der Waals surface area contributed by atoms with Gasteiger partial charge in [0.25, 0.3) is 0 Å². The Morgan fingerprint density at radius 2 is 0.558 bits per heavy atom. The molecule has 7 atom stereocenters. The summed E-state index contributed by atoms with van der Waals surface area (Å²) in [5.74, 6) is 0.809. The molecule has 86 heavy (non-hydrogen) atoms. The predicted octanol–water partition coefficient (Wildman–Crippen LogP) is 18.5. The van der Waals surface area contributed by atoms with E-state index in [4.69, 9.17) is 37.0 Å². The standard InChI is InChI=1S/C67H130O17P2/c1-9-59(7)45-37-29-23-25-33-41-49-66(71)83-62(53-77-64(69)47-39-31-21-16-14-12-11-13-15-19-27-35-43-57(3)4)55-81-85(73,74)79-51-61(68)52-80-86(75,76)82-56-63(84-67(72)50-42-34-26-24-30-38-46-60(8)10-2)54-78-65(70)48-40-32-22-18-17-20-28-36-44-58(5)6/h57-63,68H,9-56H2,1-8H3,(H,73,74)(H,75,76)/t59?,60?,61?,62-,63-/m1/s1. The largest absolute Gasteiger partial charge is 0.472 e. The summed E-state index contributed by atoms with van der Waals surface area (Å²) in [5, 5.41) is 10.6. The quantitative estimate of drug-likeness (QED) is 0.0222. The summed E-state index contributed by atoms with van der Waals surface area (Å²) >= 11 is 0. The smallest absolute Gasteiger partial charge is 0.462 e. The lowest BCUT2D eigenvalue weighted by molar-refractivity contribution is -0.161. The third-order valence-corrected chi connectivity index (χ3v) is 17.9. The number of hydrogen-bond donors (Lipinski definition) is 3. The molecule has 0 radical (unpaired) electrons. The van der Waals surface area contributed by atoms with Crippen molar-refractivity contribution in [2.75, 3.05) is 39.6 Å². The highest BCUT2D eigenvalue weighted by molar-refractivity contribution is 7.47. The molecular formula is C67H130O17P2. The number of rotatable bonds is 64. The van der Waals surface area contributed by atoms with Gasteiger partial charge in [-0.2, -0.15) is 0 Å². The van der Waals surface area contributed by atoms with Gasteiger partial charge in [-0.15, -0.1) is 0 Å². The van der Waals surface area contributed by atoms with E-state index in [-0.39, 0.29) is 25.7 Å². The van der Waals surface area contributed by atoms with Gasteiger partial charge in [0, 0.05) is 25.7 Å². The normalized spacial score (nSPS) is 15.0. The molecule has 5 unspecified atom stereocenters. The molecule has 3 N–H and O–H groups in total. The number of unbranched alkanes of at least 4 members (excludes halogenated alkanes) is 28.